The highest BCUT2D eigenvalue weighted by molar-refractivity contribution is 6.00. The predicted octanol–water partition coefficient (Wildman–Crippen LogP) is 1.17. The van der Waals surface area contributed by atoms with Crippen LogP contribution < -0.4 is 11.0 Å². The van der Waals surface area contributed by atoms with Gasteiger partial charge in [0.05, 0.1) is 11.0 Å². The zero-order chi connectivity index (χ0) is 24.7. The molecule has 3 fully saturated rings. The minimum Gasteiger partial charge on any atom is -0.306 e. The molecular weight excluding hydrogens is 444 g/mol. The van der Waals surface area contributed by atoms with Gasteiger partial charge in [0.2, 0.25) is 11.8 Å². The Hall–Kier alpha value is -2.49. The van der Waals surface area contributed by atoms with Gasteiger partial charge in [-0.3, -0.25) is 33.8 Å². The number of hydrogen-bond acceptors (Lipinski definition) is 6. The van der Waals surface area contributed by atoms with E-state index in [2.05, 4.69) is 46.1 Å². The second kappa shape index (κ2) is 9.87. The summed E-state index contributed by atoms with van der Waals surface area (Å²) in [5, 5.41) is 2.37. The number of carbonyl (C=O) groups is 2. The largest absolute Gasteiger partial charge is 0.329 e. The fourth-order valence-corrected chi connectivity index (χ4v) is 6.06. The molecule has 0 aliphatic carbocycles. The lowest BCUT2D eigenvalue weighted by Gasteiger charge is -2.42. The van der Waals surface area contributed by atoms with Crippen LogP contribution in [0.25, 0.3) is 11.0 Å². The van der Waals surface area contributed by atoms with Crippen molar-refractivity contribution in [3.63, 3.8) is 0 Å². The van der Waals surface area contributed by atoms with E-state index in [1.807, 2.05) is 6.07 Å². The smallest absolute Gasteiger partial charge is 0.306 e. The Balaban J connectivity index is 1.26. The van der Waals surface area contributed by atoms with Crippen LogP contribution in [0.5, 0.6) is 0 Å². The minimum absolute atomic E-state index is 0.220. The lowest BCUT2D eigenvalue weighted by molar-refractivity contribution is -0.135. The van der Waals surface area contributed by atoms with Crippen molar-refractivity contribution >= 4 is 22.8 Å². The number of aromatic nitrogens is 2. The van der Waals surface area contributed by atoms with Crippen LogP contribution in [-0.2, 0) is 23.2 Å². The summed E-state index contributed by atoms with van der Waals surface area (Å²) in [4.78, 5) is 44.6. The molecule has 4 heterocycles. The van der Waals surface area contributed by atoms with Crippen LogP contribution in [0.3, 0.4) is 0 Å². The molecule has 3 aliphatic rings. The first-order valence-corrected chi connectivity index (χ1v) is 13.0. The summed E-state index contributed by atoms with van der Waals surface area (Å²) < 4.78 is 3.16. The first-order valence-electron chi connectivity index (χ1n) is 13.0. The van der Waals surface area contributed by atoms with Crippen molar-refractivity contribution in [3.8, 4) is 0 Å². The first kappa shape index (κ1) is 24.2. The molecule has 1 aromatic carbocycles. The van der Waals surface area contributed by atoms with E-state index >= 15 is 0 Å². The summed E-state index contributed by atoms with van der Waals surface area (Å²) in [7, 11) is 3.97. The van der Waals surface area contributed by atoms with E-state index in [4.69, 9.17) is 0 Å². The average Bonchev–Trinajstić information content (AvgIpc) is 3.07. The molecule has 9 nitrogen and oxygen atoms in total. The van der Waals surface area contributed by atoms with Gasteiger partial charge in [-0.2, -0.15) is 0 Å². The van der Waals surface area contributed by atoms with Gasteiger partial charge in [0, 0.05) is 52.2 Å². The number of imide groups is 1. The molecular formula is C26H38N6O3. The van der Waals surface area contributed by atoms with Crippen LogP contribution in [0.4, 0.5) is 0 Å². The molecule has 1 aromatic heterocycles. The maximum atomic E-state index is 13.0. The number of piperazine rings is 1. The second-order valence-electron chi connectivity index (χ2n) is 10.8. The van der Waals surface area contributed by atoms with E-state index in [0.29, 0.717) is 12.5 Å². The summed E-state index contributed by atoms with van der Waals surface area (Å²) in [6.45, 7) is 10.0. The maximum Gasteiger partial charge on any atom is 0.329 e. The Morgan fingerprint density at radius 2 is 1.74 bits per heavy atom. The number of hydrogen-bond donors (Lipinski definition) is 1. The van der Waals surface area contributed by atoms with Crippen LogP contribution in [0, 0.1) is 5.92 Å². The number of nitrogens with one attached hydrogen (secondary N) is 1. The van der Waals surface area contributed by atoms with Crippen molar-refractivity contribution in [1.29, 1.82) is 0 Å². The van der Waals surface area contributed by atoms with Crippen LogP contribution >= 0.6 is 0 Å². The molecule has 190 valence electrons. The van der Waals surface area contributed by atoms with E-state index in [1.54, 1.807) is 16.2 Å². The lowest BCUT2D eigenvalue weighted by Crippen LogP contribution is -2.53. The number of nitrogens with zero attached hydrogens (tertiary/aromatic N) is 5. The Kier molecular flexibility index (Phi) is 6.83. The number of benzene rings is 1. The maximum absolute atomic E-state index is 13.0. The molecule has 35 heavy (non-hydrogen) atoms. The Bertz CT molecular complexity index is 1160. The molecule has 0 bridgehead atoms. The number of fused-ring (bicyclic) bond motifs is 1. The molecule has 2 amide bonds. The highest BCUT2D eigenvalue weighted by Gasteiger charge is 2.31. The molecule has 9 heteroatoms. The van der Waals surface area contributed by atoms with Gasteiger partial charge in [0.25, 0.3) is 0 Å². The normalized spacial score (nSPS) is 25.9. The van der Waals surface area contributed by atoms with Crippen molar-refractivity contribution in [1.82, 2.24) is 29.2 Å². The zero-order valence-corrected chi connectivity index (χ0v) is 21.2. The molecule has 0 saturated carbocycles. The van der Waals surface area contributed by atoms with Crippen molar-refractivity contribution in [2.24, 2.45) is 13.0 Å². The van der Waals surface area contributed by atoms with Gasteiger partial charge in [-0.1, -0.05) is 6.07 Å². The number of rotatable bonds is 5. The Morgan fingerprint density at radius 3 is 2.46 bits per heavy atom. The van der Waals surface area contributed by atoms with E-state index in [1.165, 1.54) is 38.0 Å². The third-order valence-corrected chi connectivity index (χ3v) is 8.26. The Morgan fingerprint density at radius 1 is 0.971 bits per heavy atom. The van der Waals surface area contributed by atoms with Crippen molar-refractivity contribution < 1.29 is 9.59 Å². The van der Waals surface area contributed by atoms with Crippen LogP contribution in [-0.4, -0.2) is 88.0 Å². The van der Waals surface area contributed by atoms with Crippen molar-refractivity contribution in [2.45, 2.75) is 51.2 Å². The summed E-state index contributed by atoms with van der Waals surface area (Å²) in [5.41, 5.74) is 2.52. The third kappa shape index (κ3) is 4.94. The summed E-state index contributed by atoms with van der Waals surface area (Å²) >= 11 is 0. The summed E-state index contributed by atoms with van der Waals surface area (Å²) in [6.07, 6.45) is 3.21. The topological polar surface area (TPSA) is 82.8 Å². The molecule has 1 unspecified atom stereocenters. The SMILES string of the molecule is C[C@H]1CN(Cc2ccc3c(c2)n(C)c(=O)n3C2CCC(=O)NC2=O)CCN1CC1CCN(C)CC1. The molecule has 1 N–H and O–H groups in total. The quantitative estimate of drug-likeness (QED) is 0.645. The molecule has 3 saturated heterocycles. The fraction of sp³-hybridized carbons (Fsp3) is 0.654. The van der Waals surface area contributed by atoms with Crippen LogP contribution in [0.2, 0.25) is 0 Å². The van der Waals surface area contributed by atoms with E-state index in [0.717, 1.165) is 43.1 Å². The fourth-order valence-electron chi connectivity index (χ4n) is 6.06. The van der Waals surface area contributed by atoms with Gasteiger partial charge in [-0.15, -0.1) is 0 Å². The molecule has 3 aliphatic heterocycles. The molecule has 0 spiro atoms. The Labute approximate surface area is 206 Å². The number of carbonyl (C=O) groups excluding carboxylic acids is 2. The van der Waals surface area contributed by atoms with Gasteiger partial charge < -0.3 is 4.90 Å². The summed E-state index contributed by atoms with van der Waals surface area (Å²) in [6, 6.07) is 5.99. The highest BCUT2D eigenvalue weighted by atomic mass is 16.2. The number of amides is 2. The van der Waals surface area contributed by atoms with Gasteiger partial charge in [-0.05, 0) is 69.9 Å². The van der Waals surface area contributed by atoms with Crippen molar-refractivity contribution in [2.75, 3.05) is 46.3 Å². The minimum atomic E-state index is -0.645. The number of aryl methyl sites for hydroxylation is 1. The van der Waals surface area contributed by atoms with E-state index in [-0.39, 0.29) is 18.0 Å². The number of imidazole rings is 1. The van der Waals surface area contributed by atoms with Crippen LogP contribution in [0.15, 0.2) is 23.0 Å². The van der Waals surface area contributed by atoms with Crippen molar-refractivity contribution in [3.05, 3.63) is 34.2 Å². The highest BCUT2D eigenvalue weighted by Crippen LogP contribution is 2.25. The number of piperidine rings is 2. The third-order valence-electron chi connectivity index (χ3n) is 8.26. The van der Waals surface area contributed by atoms with Crippen LogP contribution in [0.1, 0.15) is 44.2 Å². The van der Waals surface area contributed by atoms with Gasteiger partial charge in [0.15, 0.2) is 0 Å². The monoisotopic (exact) mass is 482 g/mol. The lowest BCUT2D eigenvalue weighted by atomic mass is 9.95. The average molecular weight is 483 g/mol. The first-order chi connectivity index (χ1) is 16.8. The van der Waals surface area contributed by atoms with E-state index < -0.39 is 11.9 Å². The molecule has 5 rings (SSSR count). The van der Waals surface area contributed by atoms with Gasteiger partial charge in [0.1, 0.15) is 6.04 Å². The van der Waals surface area contributed by atoms with E-state index in [9.17, 15) is 14.4 Å². The predicted molar refractivity (Wildman–Crippen MR) is 135 cm³/mol. The molecule has 2 aromatic rings. The molecule has 2 atom stereocenters. The second-order valence-corrected chi connectivity index (χ2v) is 10.8. The summed E-state index contributed by atoms with van der Waals surface area (Å²) in [5.74, 6) is 0.145. The van der Waals surface area contributed by atoms with Gasteiger partial charge in [-0.25, -0.2) is 4.79 Å². The van der Waals surface area contributed by atoms with Gasteiger partial charge >= 0.3 is 5.69 Å². The standard InChI is InChI=1S/C26H38N6O3/c1-18-15-30(12-13-31(18)17-19-8-10-28(2)11-9-19)16-20-4-5-21-23(14-20)29(3)26(35)32(21)22-6-7-24(33)27-25(22)34/h4-5,14,18-19,22H,6-13,15-17H2,1-3H3,(H,27,33,34)/t18-,22?/m0/s1. The molecule has 0 radical (unpaired) electrons. The number of likely N-dealkylation sites (tertiary alicyclic amines) is 1. The zero-order valence-electron chi connectivity index (χ0n) is 21.2.